The molecule has 0 radical (unpaired) electrons. The van der Waals surface area contributed by atoms with Crippen molar-refractivity contribution in [2.24, 2.45) is 0 Å². The van der Waals surface area contributed by atoms with Crippen LogP contribution < -0.4 is 4.74 Å². The Balaban J connectivity index is 1.48. The number of benzene rings is 2. The molecule has 1 heterocycles. The van der Waals surface area contributed by atoms with Crippen LogP contribution in [0.1, 0.15) is 32.7 Å². The second-order valence-electron chi connectivity index (χ2n) is 7.38. The maximum Gasteiger partial charge on any atom is 0.335 e. The number of carbonyl (C=O) groups excluding carboxylic acids is 2. The number of amides is 2. The zero-order valence-corrected chi connectivity index (χ0v) is 17.5. The molecule has 32 heavy (non-hydrogen) atoms. The molecule has 0 unspecified atom stereocenters. The Morgan fingerprint density at radius 1 is 1.00 bits per heavy atom. The molecule has 0 aromatic heterocycles. The minimum atomic E-state index is -1.06. The van der Waals surface area contributed by atoms with Gasteiger partial charge in [0.15, 0.2) is 5.75 Å². The highest BCUT2D eigenvalue weighted by Gasteiger charge is 2.25. The minimum absolute atomic E-state index is 0.0117. The van der Waals surface area contributed by atoms with E-state index in [-0.39, 0.29) is 41.8 Å². The van der Waals surface area contributed by atoms with E-state index in [1.807, 2.05) is 0 Å². The Morgan fingerprint density at radius 3 is 2.19 bits per heavy atom. The monoisotopic (exact) mass is 441 g/mol. The third-order valence-corrected chi connectivity index (χ3v) is 5.18. The molecule has 10 heteroatoms. The first kappa shape index (κ1) is 22.7. The largest absolute Gasteiger partial charge is 0.486 e. The zero-order valence-electron chi connectivity index (χ0n) is 17.5. The number of rotatable bonds is 7. The van der Waals surface area contributed by atoms with Crippen LogP contribution in [0.2, 0.25) is 0 Å². The second-order valence-corrected chi connectivity index (χ2v) is 7.38. The summed E-state index contributed by atoms with van der Waals surface area (Å²) in [6, 6.07) is 10.4. The molecule has 3 rings (SSSR count). The fraction of sp³-hybridized carbons (Fsp3) is 0.318. The molecule has 0 spiro atoms. The Bertz CT molecular complexity index is 1030. The molecule has 10 nitrogen and oxygen atoms in total. The lowest BCUT2D eigenvalue weighted by Gasteiger charge is -2.34. The highest BCUT2D eigenvalue weighted by Crippen LogP contribution is 2.27. The van der Waals surface area contributed by atoms with Crippen molar-refractivity contribution < 1.29 is 29.2 Å². The van der Waals surface area contributed by atoms with Gasteiger partial charge in [0.1, 0.15) is 0 Å². The lowest BCUT2D eigenvalue weighted by atomic mass is 10.1. The molecule has 0 bridgehead atoms. The number of ether oxygens (including phenoxy) is 1. The first-order valence-corrected chi connectivity index (χ1v) is 10.0. The number of aryl methyl sites for hydroxylation is 1. The summed E-state index contributed by atoms with van der Waals surface area (Å²) in [6.45, 7) is 3.20. The number of nitro benzene ring substituents is 1. The van der Waals surface area contributed by atoms with Crippen LogP contribution in [-0.4, -0.2) is 70.4 Å². The van der Waals surface area contributed by atoms with Gasteiger partial charge in [-0.05, 0) is 42.8 Å². The number of carboxylic acids is 1. The first-order valence-electron chi connectivity index (χ1n) is 10.0. The Kier molecular flexibility index (Phi) is 7.04. The van der Waals surface area contributed by atoms with Gasteiger partial charge in [-0.2, -0.15) is 0 Å². The lowest BCUT2D eigenvalue weighted by molar-refractivity contribution is -0.385. The van der Waals surface area contributed by atoms with E-state index >= 15 is 0 Å². The quantitative estimate of drug-likeness (QED) is 0.515. The average Bonchev–Trinajstić information content (AvgIpc) is 2.79. The molecule has 168 valence electrons. The van der Waals surface area contributed by atoms with E-state index in [4.69, 9.17) is 9.84 Å². The molecule has 1 aliphatic heterocycles. The standard InChI is InChI=1S/C22H23N3O7/c1-15-2-7-19(18(14-15)25(30)31)32-13-8-20(26)23-9-11-24(12-10-23)21(27)16-3-5-17(6-4-16)22(28)29/h2-7,14H,8-13H2,1H3,(H,28,29). The topological polar surface area (TPSA) is 130 Å². The van der Waals surface area contributed by atoms with Crippen molar-refractivity contribution in [3.63, 3.8) is 0 Å². The normalized spacial score (nSPS) is 13.5. The van der Waals surface area contributed by atoms with Crippen LogP contribution in [0.5, 0.6) is 5.75 Å². The number of nitrogens with zero attached hydrogens (tertiary/aromatic N) is 3. The molecule has 2 aromatic rings. The summed E-state index contributed by atoms with van der Waals surface area (Å²) in [4.78, 5) is 49.9. The third-order valence-electron chi connectivity index (χ3n) is 5.18. The van der Waals surface area contributed by atoms with E-state index in [1.165, 1.54) is 36.4 Å². The second kappa shape index (κ2) is 9.90. The first-order chi connectivity index (χ1) is 15.3. The number of piperazine rings is 1. The molecular formula is C22H23N3O7. The molecule has 1 aliphatic rings. The van der Waals surface area contributed by atoms with Gasteiger partial charge in [-0.1, -0.05) is 6.07 Å². The highest BCUT2D eigenvalue weighted by atomic mass is 16.6. The van der Waals surface area contributed by atoms with E-state index in [9.17, 15) is 24.5 Å². The molecular weight excluding hydrogens is 418 g/mol. The maximum absolute atomic E-state index is 12.6. The fourth-order valence-electron chi connectivity index (χ4n) is 3.40. The molecule has 1 fully saturated rings. The molecule has 1 N–H and O–H groups in total. The van der Waals surface area contributed by atoms with E-state index in [2.05, 4.69) is 0 Å². The number of hydrogen-bond donors (Lipinski definition) is 1. The summed E-state index contributed by atoms with van der Waals surface area (Å²) >= 11 is 0. The average molecular weight is 441 g/mol. The van der Waals surface area contributed by atoms with E-state index in [1.54, 1.807) is 22.8 Å². The Hall–Kier alpha value is -3.95. The van der Waals surface area contributed by atoms with Crippen LogP contribution >= 0.6 is 0 Å². The van der Waals surface area contributed by atoms with E-state index < -0.39 is 10.9 Å². The van der Waals surface area contributed by atoms with Crippen molar-refractivity contribution in [3.05, 3.63) is 69.3 Å². The van der Waals surface area contributed by atoms with Crippen molar-refractivity contribution in [3.8, 4) is 5.75 Å². The van der Waals surface area contributed by atoms with Crippen LogP contribution in [0.15, 0.2) is 42.5 Å². The van der Waals surface area contributed by atoms with Crippen LogP contribution in [0, 0.1) is 17.0 Å². The maximum atomic E-state index is 12.6. The van der Waals surface area contributed by atoms with Crippen LogP contribution in [0.3, 0.4) is 0 Å². The summed E-state index contributed by atoms with van der Waals surface area (Å²) in [5, 5.41) is 20.1. The predicted octanol–water partition coefficient (Wildman–Crippen LogP) is 2.35. The fourth-order valence-corrected chi connectivity index (χ4v) is 3.40. The van der Waals surface area contributed by atoms with Gasteiger partial charge in [0, 0.05) is 37.8 Å². The van der Waals surface area contributed by atoms with Gasteiger partial charge in [-0.25, -0.2) is 4.79 Å². The zero-order chi connectivity index (χ0) is 23.3. The van der Waals surface area contributed by atoms with Gasteiger partial charge in [0.05, 0.1) is 23.5 Å². The van der Waals surface area contributed by atoms with Gasteiger partial charge in [-0.15, -0.1) is 0 Å². The molecule has 2 aromatic carbocycles. The number of carbonyl (C=O) groups is 3. The van der Waals surface area contributed by atoms with Gasteiger partial charge in [0.25, 0.3) is 5.91 Å². The molecule has 2 amide bonds. The van der Waals surface area contributed by atoms with Crippen molar-refractivity contribution in [1.82, 2.24) is 9.80 Å². The lowest BCUT2D eigenvalue weighted by Crippen LogP contribution is -2.50. The van der Waals surface area contributed by atoms with Crippen LogP contribution in [0.25, 0.3) is 0 Å². The van der Waals surface area contributed by atoms with Gasteiger partial charge in [0.2, 0.25) is 5.91 Å². The molecule has 0 atom stereocenters. The summed E-state index contributed by atoms with van der Waals surface area (Å²) in [7, 11) is 0. The molecule has 1 saturated heterocycles. The smallest absolute Gasteiger partial charge is 0.335 e. The number of aromatic carboxylic acids is 1. The molecule has 0 aliphatic carbocycles. The summed E-state index contributed by atoms with van der Waals surface area (Å²) in [5.41, 5.74) is 1.10. The summed E-state index contributed by atoms with van der Waals surface area (Å²) < 4.78 is 5.46. The van der Waals surface area contributed by atoms with Gasteiger partial charge < -0.3 is 19.6 Å². The number of nitro groups is 1. The van der Waals surface area contributed by atoms with Gasteiger partial charge >= 0.3 is 11.7 Å². The SMILES string of the molecule is Cc1ccc(OCCC(=O)N2CCN(C(=O)c3ccc(C(=O)O)cc3)CC2)c([N+](=O)[O-])c1. The van der Waals surface area contributed by atoms with Crippen molar-refractivity contribution in [1.29, 1.82) is 0 Å². The summed E-state index contributed by atoms with van der Waals surface area (Å²) in [6.07, 6.45) is 0.0651. The Morgan fingerprint density at radius 2 is 1.59 bits per heavy atom. The number of carboxylic acid groups (broad SMARTS) is 1. The number of hydrogen-bond acceptors (Lipinski definition) is 6. The van der Waals surface area contributed by atoms with Crippen molar-refractivity contribution in [2.45, 2.75) is 13.3 Å². The highest BCUT2D eigenvalue weighted by molar-refractivity contribution is 5.96. The van der Waals surface area contributed by atoms with Crippen LogP contribution in [0.4, 0.5) is 5.69 Å². The molecule has 0 saturated carbocycles. The van der Waals surface area contributed by atoms with E-state index in [0.29, 0.717) is 31.7 Å². The summed E-state index contributed by atoms with van der Waals surface area (Å²) in [5.74, 6) is -1.31. The van der Waals surface area contributed by atoms with Crippen molar-refractivity contribution >= 4 is 23.5 Å². The third kappa shape index (κ3) is 5.39. The van der Waals surface area contributed by atoms with E-state index in [0.717, 1.165) is 5.56 Å². The van der Waals surface area contributed by atoms with Crippen LogP contribution in [-0.2, 0) is 4.79 Å². The van der Waals surface area contributed by atoms with Gasteiger partial charge in [-0.3, -0.25) is 19.7 Å². The Labute approximate surface area is 184 Å². The van der Waals surface area contributed by atoms with Crippen molar-refractivity contribution in [2.75, 3.05) is 32.8 Å². The minimum Gasteiger partial charge on any atom is -0.486 e. The predicted molar refractivity (Wildman–Crippen MR) is 114 cm³/mol.